The van der Waals surface area contributed by atoms with Gasteiger partial charge in [-0.05, 0) is 36.1 Å². The molecule has 6 heteroatoms. The van der Waals surface area contributed by atoms with Gasteiger partial charge in [-0.1, -0.05) is 13.8 Å². The Morgan fingerprint density at radius 1 is 1.24 bits per heavy atom. The average Bonchev–Trinajstić information content (AvgIpc) is 2.24. The van der Waals surface area contributed by atoms with Crippen LogP contribution < -0.4 is 11.1 Å². The molecule has 0 fully saturated rings. The normalized spacial score (nSPS) is 11.0. The minimum atomic E-state index is -0.936. The summed E-state index contributed by atoms with van der Waals surface area (Å²) in [7, 11) is 0. The second-order valence-electron chi connectivity index (χ2n) is 5.85. The molecule has 1 aromatic rings. The van der Waals surface area contributed by atoms with Crippen molar-refractivity contribution >= 4 is 23.5 Å². The van der Waals surface area contributed by atoms with E-state index in [1.807, 2.05) is 0 Å². The number of aliphatic carboxylic acids is 1. The van der Waals surface area contributed by atoms with Crippen molar-refractivity contribution in [3.05, 3.63) is 29.3 Å². The summed E-state index contributed by atoms with van der Waals surface area (Å²) >= 11 is 0. The van der Waals surface area contributed by atoms with E-state index in [4.69, 9.17) is 10.8 Å². The lowest BCUT2D eigenvalue weighted by molar-refractivity contribution is -0.139. The molecule has 0 saturated carbocycles. The number of nitrogens with one attached hydrogen (secondary N) is 1. The zero-order chi connectivity index (χ0) is 16.2. The molecule has 0 spiro atoms. The molecule has 0 heterocycles. The maximum atomic E-state index is 11.9. The van der Waals surface area contributed by atoms with Gasteiger partial charge in [-0.3, -0.25) is 14.4 Å². The number of amides is 2. The van der Waals surface area contributed by atoms with Gasteiger partial charge in [0.2, 0.25) is 11.8 Å². The first-order valence-electron chi connectivity index (χ1n) is 6.53. The number of carbonyl (C=O) groups is 3. The fourth-order valence-electron chi connectivity index (χ4n) is 2.13. The molecule has 1 aromatic carbocycles. The molecule has 0 unspecified atom stereocenters. The third-order valence-corrected chi connectivity index (χ3v) is 3.04. The molecule has 114 valence electrons. The SMILES string of the molecule is Cc1cc(NC(=O)CC(C)(C)CC(=O)O)ccc1C(N)=O. The van der Waals surface area contributed by atoms with Gasteiger partial charge in [-0.25, -0.2) is 0 Å². The number of nitrogens with two attached hydrogens (primary N) is 1. The first kappa shape index (κ1) is 16.7. The standard InChI is InChI=1S/C15H20N2O4/c1-9-6-10(4-5-11(9)14(16)21)17-12(18)7-15(2,3)8-13(19)20/h4-6H,7-8H2,1-3H3,(H2,16,21)(H,17,18)(H,19,20). The lowest BCUT2D eigenvalue weighted by Crippen LogP contribution is -2.25. The summed E-state index contributed by atoms with van der Waals surface area (Å²) in [6.45, 7) is 5.17. The average molecular weight is 292 g/mol. The van der Waals surface area contributed by atoms with Gasteiger partial charge in [0.15, 0.2) is 0 Å². The van der Waals surface area contributed by atoms with E-state index in [1.165, 1.54) is 0 Å². The minimum absolute atomic E-state index is 0.0833. The Labute approximate surface area is 123 Å². The van der Waals surface area contributed by atoms with Crippen LogP contribution in [0.25, 0.3) is 0 Å². The fourth-order valence-corrected chi connectivity index (χ4v) is 2.13. The Bertz CT molecular complexity index is 579. The minimum Gasteiger partial charge on any atom is -0.481 e. The van der Waals surface area contributed by atoms with E-state index in [0.717, 1.165) is 0 Å². The van der Waals surface area contributed by atoms with Gasteiger partial charge < -0.3 is 16.2 Å². The van der Waals surface area contributed by atoms with Gasteiger partial charge in [0.05, 0.1) is 6.42 Å². The number of primary amides is 1. The quantitative estimate of drug-likeness (QED) is 0.744. The molecule has 0 bridgehead atoms. The Morgan fingerprint density at radius 3 is 2.33 bits per heavy atom. The first-order valence-corrected chi connectivity index (χ1v) is 6.53. The highest BCUT2D eigenvalue weighted by atomic mass is 16.4. The number of carbonyl (C=O) groups excluding carboxylic acids is 2. The number of hydrogen-bond donors (Lipinski definition) is 3. The largest absolute Gasteiger partial charge is 0.481 e. The first-order chi connectivity index (χ1) is 9.60. The molecule has 0 aliphatic carbocycles. The van der Waals surface area contributed by atoms with E-state index in [9.17, 15) is 14.4 Å². The molecule has 21 heavy (non-hydrogen) atoms. The monoisotopic (exact) mass is 292 g/mol. The van der Waals surface area contributed by atoms with Crippen LogP contribution in [0.4, 0.5) is 5.69 Å². The molecular formula is C15H20N2O4. The highest BCUT2D eigenvalue weighted by Crippen LogP contribution is 2.26. The Balaban J connectivity index is 2.73. The summed E-state index contributed by atoms with van der Waals surface area (Å²) in [5.74, 6) is -1.73. The zero-order valence-corrected chi connectivity index (χ0v) is 12.4. The summed E-state index contributed by atoms with van der Waals surface area (Å²) in [5.41, 5.74) is 6.21. The lowest BCUT2D eigenvalue weighted by atomic mass is 9.85. The third-order valence-electron chi connectivity index (χ3n) is 3.04. The Morgan fingerprint density at radius 2 is 1.86 bits per heavy atom. The van der Waals surface area contributed by atoms with Gasteiger partial charge in [-0.2, -0.15) is 0 Å². The van der Waals surface area contributed by atoms with Crippen LogP contribution in [0.15, 0.2) is 18.2 Å². The van der Waals surface area contributed by atoms with Gasteiger partial charge >= 0.3 is 5.97 Å². The molecule has 0 aliphatic rings. The van der Waals surface area contributed by atoms with Crippen molar-refractivity contribution in [2.45, 2.75) is 33.6 Å². The molecule has 0 atom stereocenters. The summed E-state index contributed by atoms with van der Waals surface area (Å²) in [5, 5.41) is 11.5. The zero-order valence-electron chi connectivity index (χ0n) is 12.4. The molecule has 0 aliphatic heterocycles. The molecule has 4 N–H and O–H groups in total. The van der Waals surface area contributed by atoms with Gasteiger partial charge in [-0.15, -0.1) is 0 Å². The van der Waals surface area contributed by atoms with Crippen molar-refractivity contribution in [2.24, 2.45) is 11.1 Å². The van der Waals surface area contributed by atoms with Gasteiger partial charge in [0.1, 0.15) is 0 Å². The molecule has 0 aromatic heterocycles. The second-order valence-corrected chi connectivity index (χ2v) is 5.85. The van der Waals surface area contributed by atoms with E-state index in [1.54, 1.807) is 39.0 Å². The number of carboxylic acids is 1. The van der Waals surface area contributed by atoms with Crippen molar-refractivity contribution in [3.63, 3.8) is 0 Å². The van der Waals surface area contributed by atoms with Crippen molar-refractivity contribution in [1.82, 2.24) is 0 Å². The van der Waals surface area contributed by atoms with E-state index in [2.05, 4.69) is 5.32 Å². The van der Waals surface area contributed by atoms with Crippen molar-refractivity contribution in [1.29, 1.82) is 0 Å². The van der Waals surface area contributed by atoms with Crippen LogP contribution in [-0.4, -0.2) is 22.9 Å². The van der Waals surface area contributed by atoms with Crippen LogP contribution in [0.3, 0.4) is 0 Å². The second kappa shape index (κ2) is 6.39. The molecule has 0 radical (unpaired) electrons. The summed E-state index contributed by atoms with van der Waals surface area (Å²) < 4.78 is 0. The topological polar surface area (TPSA) is 109 Å². The lowest BCUT2D eigenvalue weighted by Gasteiger charge is -2.21. The number of benzene rings is 1. The number of hydrogen-bond acceptors (Lipinski definition) is 3. The highest BCUT2D eigenvalue weighted by Gasteiger charge is 2.25. The number of rotatable bonds is 6. The van der Waals surface area contributed by atoms with E-state index in [-0.39, 0.29) is 18.7 Å². The molecular weight excluding hydrogens is 272 g/mol. The van der Waals surface area contributed by atoms with Crippen LogP contribution in [0.1, 0.15) is 42.6 Å². The van der Waals surface area contributed by atoms with Crippen molar-refractivity contribution < 1.29 is 19.5 Å². The predicted octanol–water partition coefficient (Wildman–Crippen LogP) is 1.92. The Kier molecular flexibility index (Phi) is 5.07. The Hall–Kier alpha value is -2.37. The van der Waals surface area contributed by atoms with Crippen LogP contribution in [0, 0.1) is 12.3 Å². The van der Waals surface area contributed by atoms with Crippen LogP contribution in [0.2, 0.25) is 0 Å². The summed E-state index contributed by atoms with van der Waals surface area (Å²) in [6, 6.07) is 4.80. The molecule has 0 saturated heterocycles. The number of anilines is 1. The van der Waals surface area contributed by atoms with Gasteiger partial charge in [0, 0.05) is 17.7 Å². The molecule has 1 rings (SSSR count). The van der Waals surface area contributed by atoms with E-state index >= 15 is 0 Å². The van der Waals surface area contributed by atoms with E-state index < -0.39 is 17.3 Å². The predicted molar refractivity (Wildman–Crippen MR) is 79.0 cm³/mol. The summed E-state index contributed by atoms with van der Waals surface area (Å²) in [4.78, 5) is 33.8. The summed E-state index contributed by atoms with van der Waals surface area (Å²) in [6.07, 6.45) is 0.00990. The fraction of sp³-hybridized carbons (Fsp3) is 0.400. The smallest absolute Gasteiger partial charge is 0.303 e. The van der Waals surface area contributed by atoms with Crippen molar-refractivity contribution in [2.75, 3.05) is 5.32 Å². The highest BCUT2D eigenvalue weighted by molar-refractivity contribution is 5.96. The number of aryl methyl sites for hydroxylation is 1. The maximum absolute atomic E-state index is 11.9. The van der Waals surface area contributed by atoms with Crippen molar-refractivity contribution in [3.8, 4) is 0 Å². The maximum Gasteiger partial charge on any atom is 0.303 e. The van der Waals surface area contributed by atoms with Gasteiger partial charge in [0.25, 0.3) is 0 Å². The van der Waals surface area contributed by atoms with E-state index in [0.29, 0.717) is 16.8 Å². The van der Waals surface area contributed by atoms with Crippen LogP contribution in [-0.2, 0) is 9.59 Å². The third kappa shape index (κ3) is 5.25. The van der Waals surface area contributed by atoms with Crippen LogP contribution >= 0.6 is 0 Å². The number of carboxylic acid groups (broad SMARTS) is 1. The molecule has 2 amide bonds. The van der Waals surface area contributed by atoms with Crippen LogP contribution in [0.5, 0.6) is 0 Å². The molecule has 6 nitrogen and oxygen atoms in total.